The molecular formula is C20H21N5O3. The SMILES string of the molecule is CCOC(=O)c1ccccc1Nc1cnnc(NCc2ccc(OC)cc2)n1. The highest BCUT2D eigenvalue weighted by Gasteiger charge is 2.12. The van der Waals surface area contributed by atoms with Crippen molar-refractivity contribution >= 4 is 23.4 Å². The van der Waals surface area contributed by atoms with Crippen LogP contribution in [0.2, 0.25) is 0 Å². The molecule has 3 aromatic rings. The maximum Gasteiger partial charge on any atom is 0.340 e. The number of para-hydroxylation sites is 1. The molecule has 2 aromatic carbocycles. The second-order valence-corrected chi connectivity index (χ2v) is 5.76. The van der Waals surface area contributed by atoms with Crippen LogP contribution in [0.25, 0.3) is 0 Å². The lowest BCUT2D eigenvalue weighted by atomic mass is 10.2. The standard InChI is InChI=1S/C20H21N5O3/c1-3-28-19(26)16-6-4-5-7-17(16)23-18-13-22-25-20(24-18)21-12-14-8-10-15(27-2)11-9-14/h4-11,13H,3,12H2,1-2H3,(H2,21,23,24,25). The highest BCUT2D eigenvalue weighted by atomic mass is 16.5. The number of methoxy groups -OCH3 is 1. The molecule has 0 bridgehead atoms. The Morgan fingerprint density at radius 3 is 2.64 bits per heavy atom. The fourth-order valence-electron chi connectivity index (χ4n) is 2.48. The minimum absolute atomic E-state index is 0.307. The number of aromatic nitrogens is 3. The fourth-order valence-corrected chi connectivity index (χ4v) is 2.48. The summed E-state index contributed by atoms with van der Waals surface area (Å²) in [5, 5.41) is 14.2. The van der Waals surface area contributed by atoms with E-state index in [0.717, 1.165) is 11.3 Å². The third-order valence-corrected chi connectivity index (χ3v) is 3.85. The number of hydrogen-bond donors (Lipinski definition) is 2. The molecule has 0 atom stereocenters. The summed E-state index contributed by atoms with van der Waals surface area (Å²) in [6.45, 7) is 2.61. The van der Waals surface area contributed by atoms with Crippen molar-refractivity contribution in [3.05, 3.63) is 65.9 Å². The maximum absolute atomic E-state index is 12.1. The van der Waals surface area contributed by atoms with Crippen molar-refractivity contribution in [2.45, 2.75) is 13.5 Å². The number of carbonyl (C=O) groups excluding carboxylic acids is 1. The summed E-state index contributed by atoms with van der Waals surface area (Å²) in [5.74, 6) is 1.23. The smallest absolute Gasteiger partial charge is 0.340 e. The zero-order valence-electron chi connectivity index (χ0n) is 15.7. The van der Waals surface area contributed by atoms with Gasteiger partial charge in [-0.3, -0.25) is 0 Å². The summed E-state index contributed by atoms with van der Waals surface area (Å²) in [5.41, 5.74) is 2.06. The average molecular weight is 379 g/mol. The Morgan fingerprint density at radius 2 is 1.89 bits per heavy atom. The zero-order chi connectivity index (χ0) is 19.8. The van der Waals surface area contributed by atoms with E-state index >= 15 is 0 Å². The lowest BCUT2D eigenvalue weighted by Crippen LogP contribution is -2.09. The second kappa shape index (κ2) is 9.31. The van der Waals surface area contributed by atoms with Crippen LogP contribution >= 0.6 is 0 Å². The Morgan fingerprint density at radius 1 is 1.11 bits per heavy atom. The number of benzene rings is 2. The Hall–Kier alpha value is -3.68. The summed E-state index contributed by atoms with van der Waals surface area (Å²) in [6.07, 6.45) is 1.49. The first-order valence-electron chi connectivity index (χ1n) is 8.79. The number of rotatable bonds is 8. The van der Waals surface area contributed by atoms with Gasteiger partial charge in [-0.1, -0.05) is 24.3 Å². The summed E-state index contributed by atoms with van der Waals surface area (Å²) in [4.78, 5) is 16.5. The van der Waals surface area contributed by atoms with E-state index in [1.807, 2.05) is 30.3 Å². The van der Waals surface area contributed by atoms with E-state index in [4.69, 9.17) is 9.47 Å². The van der Waals surface area contributed by atoms with Gasteiger partial charge < -0.3 is 20.1 Å². The molecule has 2 N–H and O–H groups in total. The number of anilines is 3. The first-order valence-corrected chi connectivity index (χ1v) is 8.79. The number of nitrogens with zero attached hydrogens (tertiary/aromatic N) is 3. The van der Waals surface area contributed by atoms with Gasteiger partial charge in [0.05, 0.1) is 31.2 Å². The number of esters is 1. The predicted octanol–water partition coefficient (Wildman–Crippen LogP) is 3.41. The van der Waals surface area contributed by atoms with Gasteiger partial charge in [0.1, 0.15) is 5.75 Å². The van der Waals surface area contributed by atoms with Crippen molar-refractivity contribution in [3.63, 3.8) is 0 Å². The van der Waals surface area contributed by atoms with Crippen LogP contribution in [0.4, 0.5) is 17.5 Å². The van der Waals surface area contributed by atoms with E-state index in [0.29, 0.717) is 36.2 Å². The molecule has 0 unspecified atom stereocenters. The number of hydrogen-bond acceptors (Lipinski definition) is 8. The molecule has 0 spiro atoms. The third kappa shape index (κ3) is 4.94. The minimum Gasteiger partial charge on any atom is -0.497 e. The van der Waals surface area contributed by atoms with Crippen LogP contribution in [0, 0.1) is 0 Å². The van der Waals surface area contributed by atoms with Crippen LogP contribution in [0.1, 0.15) is 22.8 Å². The quantitative estimate of drug-likeness (QED) is 0.575. The van der Waals surface area contributed by atoms with Gasteiger partial charge >= 0.3 is 5.97 Å². The van der Waals surface area contributed by atoms with Crippen molar-refractivity contribution in [1.29, 1.82) is 0 Å². The van der Waals surface area contributed by atoms with Gasteiger partial charge in [-0.25, -0.2) is 4.79 Å². The van der Waals surface area contributed by atoms with E-state index in [1.54, 1.807) is 32.2 Å². The molecule has 0 aliphatic rings. The van der Waals surface area contributed by atoms with Crippen LogP contribution < -0.4 is 15.4 Å². The van der Waals surface area contributed by atoms with Gasteiger partial charge in [-0.2, -0.15) is 10.1 Å². The minimum atomic E-state index is -0.398. The van der Waals surface area contributed by atoms with Crippen molar-refractivity contribution in [1.82, 2.24) is 15.2 Å². The molecule has 28 heavy (non-hydrogen) atoms. The van der Waals surface area contributed by atoms with Crippen LogP contribution in [-0.4, -0.2) is 34.9 Å². The van der Waals surface area contributed by atoms with Crippen LogP contribution in [0.5, 0.6) is 5.75 Å². The molecule has 0 amide bonds. The number of ether oxygens (including phenoxy) is 2. The van der Waals surface area contributed by atoms with Crippen molar-refractivity contribution < 1.29 is 14.3 Å². The van der Waals surface area contributed by atoms with Gasteiger partial charge in [-0.05, 0) is 36.8 Å². The predicted molar refractivity (Wildman–Crippen MR) is 106 cm³/mol. The lowest BCUT2D eigenvalue weighted by Gasteiger charge is -2.11. The molecule has 3 rings (SSSR count). The molecule has 8 nitrogen and oxygen atoms in total. The topological polar surface area (TPSA) is 98.3 Å². The molecule has 1 aromatic heterocycles. The molecule has 0 aliphatic heterocycles. The highest BCUT2D eigenvalue weighted by Crippen LogP contribution is 2.20. The molecule has 0 fully saturated rings. The van der Waals surface area contributed by atoms with Gasteiger partial charge in [0, 0.05) is 6.54 Å². The summed E-state index contributed by atoms with van der Waals surface area (Å²) < 4.78 is 10.2. The van der Waals surface area contributed by atoms with Gasteiger partial charge in [0.15, 0.2) is 5.82 Å². The zero-order valence-corrected chi connectivity index (χ0v) is 15.7. The van der Waals surface area contributed by atoms with Crippen LogP contribution in [0.15, 0.2) is 54.7 Å². The first-order chi connectivity index (χ1) is 13.7. The van der Waals surface area contributed by atoms with Gasteiger partial charge in [0.25, 0.3) is 0 Å². The summed E-state index contributed by atoms with van der Waals surface area (Å²) >= 11 is 0. The van der Waals surface area contributed by atoms with Crippen molar-refractivity contribution in [3.8, 4) is 5.75 Å². The fraction of sp³-hybridized carbons (Fsp3) is 0.200. The Kier molecular flexibility index (Phi) is 6.35. The number of nitrogens with one attached hydrogen (secondary N) is 2. The van der Waals surface area contributed by atoms with Gasteiger partial charge in [0.2, 0.25) is 5.95 Å². The Labute approximate surface area is 162 Å². The first kappa shape index (κ1) is 19.1. The molecule has 1 heterocycles. The second-order valence-electron chi connectivity index (χ2n) is 5.76. The Balaban J connectivity index is 1.69. The molecular weight excluding hydrogens is 358 g/mol. The maximum atomic E-state index is 12.1. The molecule has 0 saturated carbocycles. The molecule has 0 radical (unpaired) electrons. The highest BCUT2D eigenvalue weighted by molar-refractivity contribution is 5.96. The molecule has 0 saturated heterocycles. The van der Waals surface area contributed by atoms with Crippen molar-refractivity contribution in [2.24, 2.45) is 0 Å². The largest absolute Gasteiger partial charge is 0.497 e. The monoisotopic (exact) mass is 379 g/mol. The summed E-state index contributed by atoms with van der Waals surface area (Å²) in [6, 6.07) is 14.8. The van der Waals surface area contributed by atoms with E-state index in [2.05, 4.69) is 25.8 Å². The van der Waals surface area contributed by atoms with E-state index < -0.39 is 5.97 Å². The average Bonchev–Trinajstić information content (AvgIpc) is 2.73. The normalized spacial score (nSPS) is 10.2. The molecule has 0 aliphatic carbocycles. The van der Waals surface area contributed by atoms with Crippen molar-refractivity contribution in [2.75, 3.05) is 24.4 Å². The third-order valence-electron chi connectivity index (χ3n) is 3.85. The molecule has 144 valence electrons. The van der Waals surface area contributed by atoms with Gasteiger partial charge in [-0.15, -0.1) is 5.10 Å². The van der Waals surface area contributed by atoms with Crippen LogP contribution in [0.3, 0.4) is 0 Å². The van der Waals surface area contributed by atoms with E-state index in [9.17, 15) is 4.79 Å². The summed E-state index contributed by atoms with van der Waals surface area (Å²) in [7, 11) is 1.63. The lowest BCUT2D eigenvalue weighted by molar-refractivity contribution is 0.0527. The number of carbonyl (C=O) groups is 1. The van der Waals surface area contributed by atoms with E-state index in [1.165, 1.54) is 6.20 Å². The Bertz CT molecular complexity index is 931. The van der Waals surface area contributed by atoms with E-state index in [-0.39, 0.29) is 0 Å². The molecule has 8 heteroatoms. The van der Waals surface area contributed by atoms with Crippen LogP contribution in [-0.2, 0) is 11.3 Å².